The Morgan fingerprint density at radius 2 is 2.06 bits per heavy atom. The minimum Gasteiger partial charge on any atom is -0.465 e. The van der Waals surface area contributed by atoms with Gasteiger partial charge >= 0.3 is 0 Å². The van der Waals surface area contributed by atoms with E-state index in [2.05, 4.69) is 32.2 Å². The number of aryl methyl sites for hydroxylation is 1. The fraction of sp³-hybridized carbons (Fsp3) is 0.714. The highest BCUT2D eigenvalue weighted by molar-refractivity contribution is 5.09. The maximum Gasteiger partial charge on any atom is 0.121 e. The van der Waals surface area contributed by atoms with Crippen LogP contribution in [0.3, 0.4) is 0 Å². The zero-order chi connectivity index (χ0) is 12.0. The first-order valence-corrected chi connectivity index (χ1v) is 6.47. The number of rotatable bonds is 7. The number of hydrogen-bond acceptors (Lipinski definition) is 2. The summed E-state index contributed by atoms with van der Waals surface area (Å²) in [6.45, 7) is 9.80. The lowest BCUT2D eigenvalue weighted by Gasteiger charge is -2.19. The van der Waals surface area contributed by atoms with E-state index in [4.69, 9.17) is 4.42 Å². The second-order valence-electron chi connectivity index (χ2n) is 4.70. The van der Waals surface area contributed by atoms with Gasteiger partial charge in [-0.2, -0.15) is 0 Å². The maximum absolute atomic E-state index is 5.73. The molecular formula is C14H25NO. The van der Waals surface area contributed by atoms with E-state index in [1.807, 2.05) is 13.0 Å². The van der Waals surface area contributed by atoms with Crippen molar-refractivity contribution < 1.29 is 4.42 Å². The van der Waals surface area contributed by atoms with Crippen molar-refractivity contribution in [2.75, 3.05) is 6.54 Å². The average Bonchev–Trinajstić information content (AvgIpc) is 2.70. The molecule has 1 rings (SSSR count). The lowest BCUT2D eigenvalue weighted by molar-refractivity contribution is 0.341. The van der Waals surface area contributed by atoms with Gasteiger partial charge in [0.15, 0.2) is 0 Å². The van der Waals surface area contributed by atoms with Gasteiger partial charge < -0.3 is 9.73 Å². The summed E-state index contributed by atoms with van der Waals surface area (Å²) in [6, 6.07) is 4.53. The van der Waals surface area contributed by atoms with E-state index < -0.39 is 0 Å². The molecule has 2 heteroatoms. The van der Waals surface area contributed by atoms with E-state index in [1.54, 1.807) is 0 Å². The summed E-state index contributed by atoms with van der Waals surface area (Å²) < 4.78 is 5.73. The van der Waals surface area contributed by atoms with Crippen molar-refractivity contribution in [1.29, 1.82) is 0 Å². The molecule has 0 aliphatic rings. The third kappa shape index (κ3) is 4.01. The van der Waals surface area contributed by atoms with Crippen LogP contribution in [0, 0.1) is 12.8 Å². The molecule has 0 fully saturated rings. The van der Waals surface area contributed by atoms with Crippen molar-refractivity contribution in [2.45, 2.75) is 53.0 Å². The van der Waals surface area contributed by atoms with Crippen molar-refractivity contribution in [3.8, 4) is 0 Å². The molecule has 1 aromatic rings. The zero-order valence-electron chi connectivity index (χ0n) is 11.0. The van der Waals surface area contributed by atoms with Crippen molar-refractivity contribution >= 4 is 0 Å². The highest BCUT2D eigenvalue weighted by Gasteiger charge is 2.16. The predicted octanol–water partition coefficient (Wildman–Crippen LogP) is 4.06. The Morgan fingerprint density at radius 3 is 2.56 bits per heavy atom. The Kier molecular flexibility index (Phi) is 5.61. The van der Waals surface area contributed by atoms with Crippen LogP contribution in [0.2, 0.25) is 0 Å². The third-order valence-corrected chi connectivity index (χ3v) is 3.08. The molecule has 0 aliphatic heterocycles. The van der Waals surface area contributed by atoms with Gasteiger partial charge in [0.1, 0.15) is 11.5 Å². The second-order valence-corrected chi connectivity index (χ2v) is 4.70. The Hall–Kier alpha value is -0.760. The molecular weight excluding hydrogens is 198 g/mol. The third-order valence-electron chi connectivity index (χ3n) is 3.08. The van der Waals surface area contributed by atoms with Crippen LogP contribution in [0.4, 0.5) is 0 Å². The molecule has 2 nitrogen and oxygen atoms in total. The van der Waals surface area contributed by atoms with E-state index in [1.165, 1.54) is 6.42 Å². The lowest BCUT2D eigenvalue weighted by atomic mass is 9.98. The molecule has 0 aliphatic carbocycles. The first kappa shape index (κ1) is 13.3. The number of nitrogens with one attached hydrogen (secondary N) is 1. The van der Waals surface area contributed by atoms with Gasteiger partial charge in [-0.3, -0.25) is 0 Å². The summed E-state index contributed by atoms with van der Waals surface area (Å²) >= 11 is 0. The Labute approximate surface area is 99.4 Å². The summed E-state index contributed by atoms with van der Waals surface area (Å²) in [4.78, 5) is 0. The van der Waals surface area contributed by atoms with Crippen LogP contribution in [0.25, 0.3) is 0 Å². The van der Waals surface area contributed by atoms with Gasteiger partial charge in [-0.25, -0.2) is 0 Å². The topological polar surface area (TPSA) is 25.2 Å². The molecule has 0 aromatic carbocycles. The maximum atomic E-state index is 5.73. The molecule has 1 N–H and O–H groups in total. The fourth-order valence-electron chi connectivity index (χ4n) is 1.83. The van der Waals surface area contributed by atoms with Crippen LogP contribution in [-0.2, 0) is 0 Å². The van der Waals surface area contributed by atoms with Gasteiger partial charge in [0, 0.05) is 0 Å². The molecule has 0 saturated carbocycles. The second kappa shape index (κ2) is 6.74. The summed E-state index contributed by atoms with van der Waals surface area (Å²) in [7, 11) is 0. The zero-order valence-corrected chi connectivity index (χ0v) is 11.0. The van der Waals surface area contributed by atoms with E-state index >= 15 is 0 Å². The van der Waals surface area contributed by atoms with Crippen molar-refractivity contribution in [3.05, 3.63) is 23.7 Å². The van der Waals surface area contributed by atoms with E-state index in [-0.39, 0.29) is 0 Å². The molecule has 1 aromatic heterocycles. The first-order valence-electron chi connectivity index (χ1n) is 6.47. The first-order chi connectivity index (χ1) is 7.67. The minimum atomic E-state index is 0.378. The van der Waals surface area contributed by atoms with Crippen molar-refractivity contribution in [2.24, 2.45) is 5.92 Å². The molecule has 0 amide bonds. The van der Waals surface area contributed by atoms with Crippen LogP contribution in [0.15, 0.2) is 16.5 Å². The molecule has 0 bridgehead atoms. The highest BCUT2D eigenvalue weighted by Crippen LogP contribution is 2.24. The molecule has 16 heavy (non-hydrogen) atoms. The Morgan fingerprint density at radius 1 is 1.31 bits per heavy atom. The van der Waals surface area contributed by atoms with Gasteiger partial charge in [-0.1, -0.05) is 27.2 Å². The minimum absolute atomic E-state index is 0.378. The predicted molar refractivity (Wildman–Crippen MR) is 68.6 cm³/mol. The standard InChI is InChI=1S/C14H25NO/c1-5-9-15-13(10-11(3)6-2)14-8-7-12(4)16-14/h7-8,11,13,15H,5-6,9-10H2,1-4H3. The molecule has 0 radical (unpaired) electrons. The average molecular weight is 223 g/mol. The monoisotopic (exact) mass is 223 g/mol. The van der Waals surface area contributed by atoms with Gasteiger partial charge in [0.25, 0.3) is 0 Å². The summed E-state index contributed by atoms with van der Waals surface area (Å²) in [6.07, 6.45) is 3.55. The van der Waals surface area contributed by atoms with Crippen LogP contribution < -0.4 is 5.32 Å². The molecule has 0 saturated heterocycles. The molecule has 2 atom stereocenters. The largest absolute Gasteiger partial charge is 0.465 e. The van der Waals surface area contributed by atoms with Crippen LogP contribution in [0.5, 0.6) is 0 Å². The molecule has 1 heterocycles. The number of hydrogen-bond donors (Lipinski definition) is 1. The SMILES string of the molecule is CCCNC(CC(C)CC)c1ccc(C)o1. The molecule has 0 spiro atoms. The van der Waals surface area contributed by atoms with E-state index in [0.29, 0.717) is 6.04 Å². The Balaban J connectivity index is 2.62. The Bertz CT molecular complexity index is 293. The summed E-state index contributed by atoms with van der Waals surface area (Å²) in [5.74, 6) is 2.83. The highest BCUT2D eigenvalue weighted by atomic mass is 16.3. The van der Waals surface area contributed by atoms with Crippen molar-refractivity contribution in [1.82, 2.24) is 5.32 Å². The van der Waals surface area contributed by atoms with Crippen LogP contribution >= 0.6 is 0 Å². The summed E-state index contributed by atoms with van der Waals surface area (Å²) in [5.41, 5.74) is 0. The smallest absolute Gasteiger partial charge is 0.121 e. The molecule has 2 unspecified atom stereocenters. The van der Waals surface area contributed by atoms with Crippen molar-refractivity contribution in [3.63, 3.8) is 0 Å². The molecule has 92 valence electrons. The fourth-order valence-corrected chi connectivity index (χ4v) is 1.83. The lowest BCUT2D eigenvalue weighted by Crippen LogP contribution is -2.23. The normalized spacial score (nSPS) is 15.0. The van der Waals surface area contributed by atoms with Crippen LogP contribution in [-0.4, -0.2) is 6.54 Å². The van der Waals surface area contributed by atoms with Gasteiger partial charge in [-0.15, -0.1) is 0 Å². The van der Waals surface area contributed by atoms with Gasteiger partial charge in [-0.05, 0) is 44.4 Å². The van der Waals surface area contributed by atoms with Crippen LogP contribution in [0.1, 0.15) is 57.6 Å². The van der Waals surface area contributed by atoms with E-state index in [0.717, 1.165) is 36.8 Å². The van der Waals surface area contributed by atoms with Gasteiger partial charge in [0.2, 0.25) is 0 Å². The quantitative estimate of drug-likeness (QED) is 0.754. The van der Waals surface area contributed by atoms with E-state index in [9.17, 15) is 0 Å². The number of furan rings is 1. The summed E-state index contributed by atoms with van der Waals surface area (Å²) in [5, 5.41) is 3.57. The van der Waals surface area contributed by atoms with Gasteiger partial charge in [0.05, 0.1) is 6.04 Å².